The van der Waals surface area contributed by atoms with Gasteiger partial charge in [0.15, 0.2) is 0 Å². The maximum Gasteiger partial charge on any atom is 0.411 e. The average molecular weight is 475 g/mol. The summed E-state index contributed by atoms with van der Waals surface area (Å²) < 4.78 is 6.08. The third-order valence-corrected chi connectivity index (χ3v) is 6.42. The van der Waals surface area contributed by atoms with Crippen LogP contribution < -0.4 is 0 Å². The second-order valence-electron chi connectivity index (χ2n) is 9.67. The van der Waals surface area contributed by atoms with Crippen LogP contribution in [0, 0.1) is 0 Å². The fourth-order valence-corrected chi connectivity index (χ4v) is 4.72. The molecule has 4 rings (SSSR count). The quantitative estimate of drug-likeness (QED) is 0.475. The predicted octanol–water partition coefficient (Wildman–Crippen LogP) is 5.41. The Bertz CT molecular complexity index is 1200. The van der Waals surface area contributed by atoms with E-state index in [0.717, 1.165) is 16.7 Å². The Morgan fingerprint density at radius 3 is 2.37 bits per heavy atom. The van der Waals surface area contributed by atoms with E-state index in [0.29, 0.717) is 25.1 Å². The van der Waals surface area contributed by atoms with Crippen molar-refractivity contribution < 1.29 is 24.5 Å². The highest BCUT2D eigenvalue weighted by molar-refractivity contribution is 5.86. The fraction of sp³-hybridized carbons (Fsp3) is 0.321. The first kappa shape index (κ1) is 24.4. The Labute approximate surface area is 205 Å². The number of ether oxygens (including phenoxy) is 1. The van der Waals surface area contributed by atoms with Crippen LogP contribution in [-0.4, -0.2) is 44.3 Å². The maximum absolute atomic E-state index is 13.2. The van der Waals surface area contributed by atoms with Crippen LogP contribution in [-0.2, 0) is 10.3 Å². The zero-order chi connectivity index (χ0) is 25.2. The van der Waals surface area contributed by atoms with Crippen molar-refractivity contribution in [3.05, 3.63) is 89.6 Å². The van der Waals surface area contributed by atoms with Crippen LogP contribution in [0.25, 0.3) is 11.3 Å². The standard InChI is InChI=1S/C28H30N2O5/c1-19(20-12-14-21(15-13-20)23-10-7-11-24(29-23)25(31)32)30-17-16-28(35-26(30)33,18-27(2,3)34)22-8-5-4-6-9-22/h4-15,19,34H,16-18H2,1-3H3,(H,31,32). The van der Waals surface area contributed by atoms with Crippen LogP contribution in [0.4, 0.5) is 4.79 Å². The largest absolute Gasteiger partial charge is 0.477 e. The summed E-state index contributed by atoms with van der Waals surface area (Å²) in [7, 11) is 0. The molecule has 0 bridgehead atoms. The van der Waals surface area contributed by atoms with E-state index in [1.807, 2.05) is 61.5 Å². The summed E-state index contributed by atoms with van der Waals surface area (Å²) in [5, 5.41) is 19.7. The highest BCUT2D eigenvalue weighted by atomic mass is 16.6. The van der Waals surface area contributed by atoms with Crippen LogP contribution in [0.3, 0.4) is 0 Å². The minimum Gasteiger partial charge on any atom is -0.477 e. The Morgan fingerprint density at radius 2 is 1.77 bits per heavy atom. The van der Waals surface area contributed by atoms with E-state index >= 15 is 0 Å². The van der Waals surface area contributed by atoms with E-state index in [9.17, 15) is 19.8 Å². The molecule has 2 aromatic carbocycles. The van der Waals surface area contributed by atoms with Crippen LogP contribution in [0.2, 0.25) is 0 Å². The molecule has 2 heterocycles. The maximum atomic E-state index is 13.2. The number of carbonyl (C=O) groups excluding carboxylic acids is 1. The molecule has 1 aromatic heterocycles. The lowest BCUT2D eigenvalue weighted by molar-refractivity contribution is -0.101. The van der Waals surface area contributed by atoms with Gasteiger partial charge in [-0.25, -0.2) is 14.6 Å². The molecule has 0 radical (unpaired) electrons. The molecule has 1 aliphatic rings. The highest BCUT2D eigenvalue weighted by Crippen LogP contribution is 2.42. The molecule has 1 fully saturated rings. The minimum atomic E-state index is -1.07. The number of pyridine rings is 1. The van der Waals surface area contributed by atoms with Gasteiger partial charge in [0.1, 0.15) is 11.3 Å². The second kappa shape index (κ2) is 9.50. The molecule has 3 aromatic rings. The topological polar surface area (TPSA) is 100.0 Å². The molecule has 0 aliphatic carbocycles. The van der Waals surface area contributed by atoms with Gasteiger partial charge in [0.05, 0.1) is 17.3 Å². The molecule has 1 saturated heterocycles. The van der Waals surface area contributed by atoms with Crippen molar-refractivity contribution in [1.29, 1.82) is 0 Å². The monoisotopic (exact) mass is 474 g/mol. The van der Waals surface area contributed by atoms with Crippen LogP contribution in [0.1, 0.15) is 61.3 Å². The summed E-state index contributed by atoms with van der Waals surface area (Å²) in [5.41, 5.74) is 1.25. The number of carbonyl (C=O) groups is 2. The highest BCUT2D eigenvalue weighted by Gasteiger charge is 2.46. The molecule has 2 unspecified atom stereocenters. The van der Waals surface area contributed by atoms with Crippen molar-refractivity contribution >= 4 is 12.1 Å². The lowest BCUT2D eigenvalue weighted by Crippen LogP contribution is -2.51. The van der Waals surface area contributed by atoms with Crippen LogP contribution >= 0.6 is 0 Å². The molecule has 0 saturated carbocycles. The van der Waals surface area contributed by atoms with Crippen molar-refractivity contribution in [1.82, 2.24) is 9.88 Å². The minimum absolute atomic E-state index is 0.0102. The normalized spacial score (nSPS) is 19.2. The van der Waals surface area contributed by atoms with Crippen molar-refractivity contribution in [3.63, 3.8) is 0 Å². The average Bonchev–Trinajstić information content (AvgIpc) is 2.83. The summed E-state index contributed by atoms with van der Waals surface area (Å²) in [5.74, 6) is -1.07. The Morgan fingerprint density at radius 1 is 1.09 bits per heavy atom. The lowest BCUT2D eigenvalue weighted by Gasteiger charge is -2.45. The van der Waals surface area contributed by atoms with Crippen LogP contribution in [0.15, 0.2) is 72.8 Å². The number of nitrogens with zero attached hydrogens (tertiary/aromatic N) is 2. The molecule has 35 heavy (non-hydrogen) atoms. The first-order valence-corrected chi connectivity index (χ1v) is 11.7. The van der Waals surface area contributed by atoms with Crippen molar-refractivity contribution in [2.75, 3.05) is 6.54 Å². The van der Waals surface area contributed by atoms with E-state index < -0.39 is 23.3 Å². The SMILES string of the molecule is CC(c1ccc(-c2cccc(C(=O)O)n2)cc1)N1CCC(CC(C)(C)O)(c2ccccc2)OC1=O. The molecule has 2 atom stereocenters. The molecular formula is C28H30N2O5. The lowest BCUT2D eigenvalue weighted by atomic mass is 9.80. The smallest absolute Gasteiger partial charge is 0.411 e. The first-order chi connectivity index (χ1) is 16.6. The molecular weight excluding hydrogens is 444 g/mol. The molecule has 7 heteroatoms. The number of aliphatic hydroxyl groups is 1. The summed E-state index contributed by atoms with van der Waals surface area (Å²) in [4.78, 5) is 30.3. The predicted molar refractivity (Wildman–Crippen MR) is 132 cm³/mol. The Hall–Kier alpha value is -3.71. The number of hydrogen-bond donors (Lipinski definition) is 2. The number of hydrogen-bond acceptors (Lipinski definition) is 5. The van der Waals surface area contributed by atoms with Gasteiger partial charge in [0, 0.05) is 24.9 Å². The molecule has 1 aliphatic heterocycles. The molecule has 7 nitrogen and oxygen atoms in total. The number of aromatic nitrogens is 1. The van der Waals surface area contributed by atoms with E-state index in [2.05, 4.69) is 4.98 Å². The van der Waals surface area contributed by atoms with Gasteiger partial charge in [-0.1, -0.05) is 60.7 Å². The number of amides is 1. The zero-order valence-corrected chi connectivity index (χ0v) is 20.1. The third-order valence-electron chi connectivity index (χ3n) is 6.42. The van der Waals surface area contributed by atoms with Gasteiger partial charge in [-0.2, -0.15) is 0 Å². The number of carboxylic acid groups (broad SMARTS) is 1. The fourth-order valence-electron chi connectivity index (χ4n) is 4.72. The Kier molecular flexibility index (Phi) is 6.63. The van der Waals surface area contributed by atoms with Gasteiger partial charge in [0.2, 0.25) is 0 Å². The molecule has 0 spiro atoms. The number of rotatable bonds is 7. The van der Waals surface area contributed by atoms with Gasteiger partial charge >= 0.3 is 12.1 Å². The number of cyclic esters (lactones) is 1. The first-order valence-electron chi connectivity index (χ1n) is 11.7. The van der Waals surface area contributed by atoms with E-state index in [1.54, 1.807) is 30.9 Å². The summed E-state index contributed by atoms with van der Waals surface area (Å²) in [6.07, 6.45) is 0.438. The zero-order valence-electron chi connectivity index (χ0n) is 20.1. The number of aromatic carboxylic acids is 1. The van der Waals surface area contributed by atoms with Gasteiger partial charge < -0.3 is 19.8 Å². The second-order valence-corrected chi connectivity index (χ2v) is 9.67. The third kappa shape index (κ3) is 5.35. The van der Waals surface area contributed by atoms with E-state index in [1.165, 1.54) is 6.07 Å². The van der Waals surface area contributed by atoms with Crippen molar-refractivity contribution in [3.8, 4) is 11.3 Å². The number of benzene rings is 2. The molecule has 2 N–H and O–H groups in total. The van der Waals surface area contributed by atoms with Crippen molar-refractivity contribution in [2.45, 2.75) is 50.9 Å². The summed E-state index contributed by atoms with van der Waals surface area (Å²) >= 11 is 0. The van der Waals surface area contributed by atoms with Gasteiger partial charge in [-0.05, 0) is 44.0 Å². The van der Waals surface area contributed by atoms with Crippen LogP contribution in [0.5, 0.6) is 0 Å². The summed E-state index contributed by atoms with van der Waals surface area (Å²) in [6, 6.07) is 21.8. The Balaban J connectivity index is 1.53. The van der Waals surface area contributed by atoms with Gasteiger partial charge in [-0.15, -0.1) is 0 Å². The van der Waals surface area contributed by atoms with Gasteiger partial charge in [-0.3, -0.25) is 0 Å². The van der Waals surface area contributed by atoms with Gasteiger partial charge in [0.25, 0.3) is 0 Å². The van der Waals surface area contributed by atoms with E-state index in [4.69, 9.17) is 4.74 Å². The van der Waals surface area contributed by atoms with E-state index in [-0.39, 0.29) is 11.7 Å². The van der Waals surface area contributed by atoms with Crippen molar-refractivity contribution in [2.24, 2.45) is 0 Å². The molecule has 182 valence electrons. The summed E-state index contributed by atoms with van der Waals surface area (Å²) in [6.45, 7) is 5.88. The number of carboxylic acids is 1. The molecule has 1 amide bonds.